The van der Waals surface area contributed by atoms with E-state index in [4.69, 9.17) is 11.5 Å². The number of rotatable bonds is 4. The second-order valence-corrected chi connectivity index (χ2v) is 6.99. The van der Waals surface area contributed by atoms with Gasteiger partial charge in [0.15, 0.2) is 0 Å². The molecule has 0 spiro atoms. The fourth-order valence-corrected chi connectivity index (χ4v) is 3.76. The Morgan fingerprint density at radius 1 is 0.700 bits per heavy atom. The highest BCUT2D eigenvalue weighted by molar-refractivity contribution is 6.10. The van der Waals surface area contributed by atoms with Crippen LogP contribution >= 0.6 is 0 Å². The first-order valence-electron chi connectivity index (χ1n) is 9.79. The van der Waals surface area contributed by atoms with Gasteiger partial charge in [0.2, 0.25) is 0 Å². The molecule has 5 aromatic rings. The summed E-state index contributed by atoms with van der Waals surface area (Å²) in [6.07, 6.45) is 7.66. The van der Waals surface area contributed by atoms with Crippen LogP contribution in [0.1, 0.15) is 5.56 Å². The number of anilines is 2. The van der Waals surface area contributed by atoms with E-state index in [-0.39, 0.29) is 0 Å². The van der Waals surface area contributed by atoms with Gasteiger partial charge in [0.25, 0.3) is 0 Å². The Labute approximate surface area is 175 Å². The Kier molecular flexibility index (Phi) is 4.51. The lowest BCUT2D eigenvalue weighted by molar-refractivity contribution is 1.09. The van der Waals surface area contributed by atoms with Gasteiger partial charge in [0.1, 0.15) is 0 Å². The van der Waals surface area contributed by atoms with Crippen molar-refractivity contribution in [2.45, 2.75) is 0 Å². The van der Waals surface area contributed by atoms with Gasteiger partial charge in [-0.2, -0.15) is 5.10 Å². The number of hydrogen-bond donors (Lipinski definition) is 0. The zero-order valence-electron chi connectivity index (χ0n) is 16.3. The van der Waals surface area contributed by atoms with Crippen molar-refractivity contribution in [3.05, 3.63) is 109 Å². The first kappa shape index (κ1) is 17.8. The molecule has 1 aromatic heterocycles. The smallest absolute Gasteiger partial charge is 0.0652 e. The minimum Gasteiger partial charge on any atom is -0.269 e. The molecule has 0 N–H and O–H groups in total. The average Bonchev–Trinajstić information content (AvgIpc) is 3.14. The van der Waals surface area contributed by atoms with Gasteiger partial charge in [-0.15, -0.1) is 0 Å². The maximum atomic E-state index is 5.77. The number of hydrogen-bond acceptors (Lipinski definition) is 2. The van der Waals surface area contributed by atoms with Crippen molar-refractivity contribution in [1.82, 2.24) is 4.57 Å². The zero-order valence-corrected chi connectivity index (χ0v) is 16.3. The van der Waals surface area contributed by atoms with E-state index in [0.29, 0.717) is 0 Å². The molecule has 0 saturated carbocycles. The fourth-order valence-electron chi connectivity index (χ4n) is 3.76. The van der Waals surface area contributed by atoms with Gasteiger partial charge in [-0.3, -0.25) is 4.57 Å². The molecule has 0 bridgehead atoms. The van der Waals surface area contributed by atoms with Crippen molar-refractivity contribution in [3.8, 4) is 12.5 Å². The van der Waals surface area contributed by atoms with Gasteiger partial charge >= 0.3 is 0 Å². The quantitative estimate of drug-likeness (QED) is 0.199. The van der Waals surface area contributed by atoms with E-state index in [1.165, 1.54) is 0 Å². The van der Waals surface area contributed by atoms with Crippen LogP contribution in [0.5, 0.6) is 0 Å². The lowest BCUT2D eigenvalue weighted by Gasteiger charge is -2.19. The predicted molar refractivity (Wildman–Crippen MR) is 126 cm³/mol. The van der Waals surface area contributed by atoms with Crippen LogP contribution in [-0.2, 0) is 0 Å². The van der Waals surface area contributed by atoms with E-state index in [1.807, 2.05) is 94.7 Å². The van der Waals surface area contributed by atoms with Crippen LogP contribution < -0.4 is 5.01 Å². The molecular weight excluding hydrogens is 366 g/mol. The molecule has 30 heavy (non-hydrogen) atoms. The Morgan fingerprint density at radius 3 is 1.97 bits per heavy atom. The van der Waals surface area contributed by atoms with Gasteiger partial charge in [-0.1, -0.05) is 67.1 Å². The van der Waals surface area contributed by atoms with E-state index in [1.54, 1.807) is 0 Å². The topological polar surface area (TPSA) is 20.5 Å². The molecular formula is C27H19N3. The molecule has 0 radical (unpaired) electrons. The van der Waals surface area contributed by atoms with Crippen LogP contribution in [0.25, 0.3) is 21.8 Å². The molecule has 0 aliphatic heterocycles. The first-order chi connectivity index (χ1) is 14.8. The van der Waals surface area contributed by atoms with E-state index < -0.39 is 0 Å². The summed E-state index contributed by atoms with van der Waals surface area (Å²) in [6.45, 7) is 0. The third-order valence-corrected chi connectivity index (χ3v) is 5.15. The molecule has 0 aliphatic rings. The van der Waals surface area contributed by atoms with Crippen molar-refractivity contribution >= 4 is 39.4 Å². The summed E-state index contributed by atoms with van der Waals surface area (Å²) in [5.74, 6) is 0. The minimum atomic E-state index is 1.00. The summed E-state index contributed by atoms with van der Waals surface area (Å²) >= 11 is 0. The summed E-state index contributed by atoms with van der Waals surface area (Å²) in [5, 5.41) is 9.01. The average molecular weight is 385 g/mol. The summed E-state index contributed by atoms with van der Waals surface area (Å²) in [4.78, 5) is 0. The standard InChI is InChI=1S/C27H19N3/c1-2-29-26-16-10-9-15-24(26)25-19-21(17-18-27(25)29)20-28-30(22-11-5-3-6-12-22)23-13-7-4-8-14-23/h1,3-20H. The maximum absolute atomic E-state index is 5.77. The van der Waals surface area contributed by atoms with Gasteiger partial charge in [-0.05, 0) is 48.0 Å². The highest BCUT2D eigenvalue weighted by atomic mass is 15.5. The monoisotopic (exact) mass is 385 g/mol. The van der Waals surface area contributed by atoms with E-state index in [9.17, 15) is 0 Å². The molecule has 0 fully saturated rings. The first-order valence-corrected chi connectivity index (χ1v) is 9.79. The molecule has 0 saturated heterocycles. The molecule has 0 unspecified atom stereocenters. The SMILES string of the molecule is C#Cn1c2ccccc2c2cc(C=NN(c3ccccc3)c3ccccc3)ccc21. The second kappa shape index (κ2) is 7.62. The number of terminal acetylenes is 1. The van der Waals surface area contributed by atoms with E-state index in [2.05, 4.69) is 30.3 Å². The van der Waals surface area contributed by atoms with Crippen LogP contribution in [-0.4, -0.2) is 10.8 Å². The zero-order chi connectivity index (χ0) is 20.3. The number of fused-ring (bicyclic) bond motifs is 3. The highest BCUT2D eigenvalue weighted by Gasteiger charge is 2.10. The van der Waals surface area contributed by atoms with Gasteiger partial charge < -0.3 is 0 Å². The number of aromatic nitrogens is 1. The number of nitrogens with zero attached hydrogens (tertiary/aromatic N) is 3. The molecule has 0 amide bonds. The van der Waals surface area contributed by atoms with E-state index >= 15 is 0 Å². The largest absolute Gasteiger partial charge is 0.269 e. The van der Waals surface area contributed by atoms with Crippen molar-refractivity contribution < 1.29 is 0 Å². The van der Waals surface area contributed by atoms with Crippen LogP contribution in [0, 0.1) is 12.5 Å². The van der Waals surface area contributed by atoms with Crippen molar-refractivity contribution in [2.75, 3.05) is 5.01 Å². The highest BCUT2D eigenvalue weighted by Crippen LogP contribution is 2.29. The Bertz CT molecular complexity index is 1350. The summed E-state index contributed by atoms with van der Waals surface area (Å²) in [7, 11) is 0. The number of benzene rings is 4. The predicted octanol–water partition coefficient (Wildman–Crippen LogP) is 6.41. The molecule has 1 heterocycles. The Balaban J connectivity index is 1.60. The molecule has 3 nitrogen and oxygen atoms in total. The van der Waals surface area contributed by atoms with Crippen molar-refractivity contribution in [3.63, 3.8) is 0 Å². The van der Waals surface area contributed by atoms with Crippen LogP contribution in [0.2, 0.25) is 0 Å². The molecule has 0 aliphatic carbocycles. The lowest BCUT2D eigenvalue weighted by Crippen LogP contribution is -2.09. The van der Waals surface area contributed by atoms with Crippen molar-refractivity contribution in [1.29, 1.82) is 0 Å². The maximum Gasteiger partial charge on any atom is 0.0652 e. The van der Waals surface area contributed by atoms with Gasteiger partial charge in [0.05, 0.1) is 28.6 Å². The molecule has 142 valence electrons. The molecule has 0 atom stereocenters. The van der Waals surface area contributed by atoms with Gasteiger partial charge in [0, 0.05) is 16.8 Å². The summed E-state index contributed by atoms with van der Waals surface area (Å²) in [5.41, 5.74) is 5.09. The summed E-state index contributed by atoms with van der Waals surface area (Å²) in [6, 6.07) is 37.5. The minimum absolute atomic E-state index is 1.00. The van der Waals surface area contributed by atoms with Crippen molar-refractivity contribution in [2.24, 2.45) is 5.10 Å². The lowest BCUT2D eigenvalue weighted by atomic mass is 10.1. The normalized spacial score (nSPS) is 11.2. The third kappa shape index (κ3) is 3.11. The van der Waals surface area contributed by atoms with Crippen LogP contribution in [0.4, 0.5) is 11.4 Å². The molecule has 5 rings (SSSR count). The van der Waals surface area contributed by atoms with Crippen LogP contribution in [0.3, 0.4) is 0 Å². The second-order valence-electron chi connectivity index (χ2n) is 6.99. The third-order valence-electron chi connectivity index (χ3n) is 5.15. The van der Waals surface area contributed by atoms with E-state index in [0.717, 1.165) is 38.7 Å². The number of hydrazone groups is 1. The Morgan fingerprint density at radius 2 is 1.30 bits per heavy atom. The summed E-state index contributed by atoms with van der Waals surface area (Å²) < 4.78 is 1.89. The molecule has 3 heteroatoms. The fraction of sp³-hybridized carbons (Fsp3) is 0. The Hall–Kier alpha value is -4.29. The van der Waals surface area contributed by atoms with Gasteiger partial charge in [-0.25, -0.2) is 5.01 Å². The number of para-hydroxylation sites is 3. The molecule has 4 aromatic carbocycles. The van der Waals surface area contributed by atoms with Crippen LogP contribution in [0.15, 0.2) is 108 Å².